The number of nitrogens with zero attached hydrogens (tertiary/aromatic N) is 3. The number of alkyl halides is 4. The highest BCUT2D eigenvalue weighted by Gasteiger charge is 2.46. The predicted octanol–water partition coefficient (Wildman–Crippen LogP) is 5.55. The van der Waals surface area contributed by atoms with E-state index in [-0.39, 0.29) is 73.9 Å². The molecule has 9 nitrogen and oxygen atoms in total. The molecule has 3 aliphatic carbocycles. The number of rotatable bonds is 10. The van der Waals surface area contributed by atoms with Gasteiger partial charge in [0.15, 0.2) is 5.69 Å². The van der Waals surface area contributed by atoms with Gasteiger partial charge in [0.2, 0.25) is 17.8 Å². The Morgan fingerprint density at radius 1 is 1.05 bits per heavy atom. The molecule has 2 heterocycles. The van der Waals surface area contributed by atoms with Crippen LogP contribution in [0.25, 0.3) is 11.0 Å². The zero-order valence-electron chi connectivity index (χ0n) is 22.6. The van der Waals surface area contributed by atoms with Crippen molar-refractivity contribution in [1.29, 1.82) is 0 Å². The minimum absolute atomic E-state index is 0.0128. The molecule has 0 bridgehead atoms. The summed E-state index contributed by atoms with van der Waals surface area (Å²) in [6.07, 6.45) is 1.65. The number of aryl methyl sites for hydroxylation is 1. The molecule has 3 N–H and O–H groups in total. The molecule has 41 heavy (non-hydrogen) atoms. The van der Waals surface area contributed by atoms with Crippen LogP contribution in [-0.2, 0) is 4.79 Å². The van der Waals surface area contributed by atoms with E-state index in [0.717, 1.165) is 18.4 Å². The fraction of sp³-hybridized carbons (Fsp3) is 0.607. The van der Waals surface area contributed by atoms with Crippen molar-refractivity contribution in [3.8, 4) is 0 Å². The number of carbonyl (C=O) groups excluding carboxylic acids is 2. The van der Waals surface area contributed by atoms with Gasteiger partial charge in [-0.25, -0.2) is 27.2 Å². The van der Waals surface area contributed by atoms with E-state index in [9.17, 15) is 27.2 Å². The Morgan fingerprint density at radius 3 is 2.44 bits per heavy atom. The molecule has 3 aliphatic rings. The van der Waals surface area contributed by atoms with Crippen LogP contribution in [0.5, 0.6) is 0 Å². The van der Waals surface area contributed by atoms with Crippen LogP contribution >= 0.6 is 0 Å². The Balaban J connectivity index is 1.21. The van der Waals surface area contributed by atoms with Crippen LogP contribution < -0.4 is 10.6 Å². The van der Waals surface area contributed by atoms with E-state index in [4.69, 9.17) is 0 Å². The van der Waals surface area contributed by atoms with Crippen LogP contribution in [-0.4, -0.2) is 43.9 Å². The number of aromatic nitrogens is 4. The smallest absolute Gasteiger partial charge is 0.276 e. The van der Waals surface area contributed by atoms with E-state index >= 15 is 0 Å². The van der Waals surface area contributed by atoms with Gasteiger partial charge in [0.25, 0.3) is 5.91 Å². The molecule has 3 aromatic rings. The quantitative estimate of drug-likeness (QED) is 0.272. The van der Waals surface area contributed by atoms with Crippen molar-refractivity contribution in [3.05, 3.63) is 41.0 Å². The molecule has 6 rings (SSSR count). The molecule has 3 saturated carbocycles. The zero-order valence-corrected chi connectivity index (χ0v) is 22.6. The maximum Gasteiger partial charge on any atom is 0.276 e. The second kappa shape index (κ2) is 10.4. The number of imidazole rings is 1. The molecular formula is C28H32F4N6O3. The van der Waals surface area contributed by atoms with Gasteiger partial charge in [-0.3, -0.25) is 9.59 Å². The Kier molecular flexibility index (Phi) is 7.01. The van der Waals surface area contributed by atoms with E-state index in [1.807, 2.05) is 18.2 Å². The van der Waals surface area contributed by atoms with Crippen LogP contribution in [0.15, 0.2) is 22.8 Å². The summed E-state index contributed by atoms with van der Waals surface area (Å²) >= 11 is 0. The van der Waals surface area contributed by atoms with E-state index in [0.29, 0.717) is 29.0 Å². The fourth-order valence-electron chi connectivity index (χ4n) is 6.21. The number of benzene rings is 1. The van der Waals surface area contributed by atoms with Crippen molar-refractivity contribution in [2.24, 2.45) is 17.8 Å². The number of nitrogens with one attached hydrogen (secondary N) is 3. The fourth-order valence-corrected chi connectivity index (χ4v) is 6.21. The SMILES string of the molecule is Cc1nonc1C(=O)NC(C[C@H]1CCC(F)(F)C1)c1nc2ccc(C(NC(=O)CC3CC(F)(F)C3)C3CC3)cc2[nH]1. The van der Waals surface area contributed by atoms with Gasteiger partial charge in [0.05, 0.1) is 23.1 Å². The first kappa shape index (κ1) is 27.6. The Labute approximate surface area is 233 Å². The summed E-state index contributed by atoms with van der Waals surface area (Å²) in [5.41, 5.74) is 2.48. The number of H-pyrrole nitrogens is 1. The normalized spacial score (nSPS) is 23.2. The van der Waals surface area contributed by atoms with E-state index < -0.39 is 23.8 Å². The number of halogens is 4. The zero-order chi connectivity index (χ0) is 28.9. The van der Waals surface area contributed by atoms with Gasteiger partial charge in [-0.1, -0.05) is 11.2 Å². The molecule has 220 valence electrons. The van der Waals surface area contributed by atoms with Gasteiger partial charge in [0, 0.05) is 32.1 Å². The van der Waals surface area contributed by atoms with Crippen LogP contribution in [0.3, 0.4) is 0 Å². The van der Waals surface area contributed by atoms with Gasteiger partial charge in [0.1, 0.15) is 11.5 Å². The molecular weight excluding hydrogens is 544 g/mol. The average Bonchev–Trinajstić information content (AvgIpc) is 3.32. The molecule has 2 amide bonds. The van der Waals surface area contributed by atoms with Gasteiger partial charge in [-0.05, 0) is 73.2 Å². The van der Waals surface area contributed by atoms with Crippen LogP contribution in [0, 0.1) is 24.7 Å². The maximum atomic E-state index is 14.0. The Bertz CT molecular complexity index is 1440. The minimum atomic E-state index is -2.73. The van der Waals surface area contributed by atoms with E-state index in [2.05, 4.69) is 35.5 Å². The highest BCUT2D eigenvalue weighted by molar-refractivity contribution is 5.93. The molecule has 3 atom stereocenters. The summed E-state index contributed by atoms with van der Waals surface area (Å²) in [6.45, 7) is 1.58. The second-order valence-electron chi connectivity index (χ2n) is 12.0. The van der Waals surface area contributed by atoms with Crippen LogP contribution in [0.1, 0.15) is 97.4 Å². The molecule has 3 fully saturated rings. The first-order chi connectivity index (χ1) is 19.4. The standard InChI is InChI=1S/C28H32F4N6O3/c1-14-23(38-41-37-14)26(40)35-21(8-15-6-7-27(29,30)11-15)25-33-19-5-4-18(10-20(19)34-25)24(17-2-3-17)36-22(39)9-16-12-28(31,32)13-16/h4-5,10,15-17,21,24H,2-3,6-9,11-13H2,1H3,(H,33,34)(H,35,40)(H,36,39)/t15-,21?,24?/m1/s1. The molecule has 2 unspecified atom stereocenters. The number of fused-ring (bicyclic) bond motifs is 1. The van der Waals surface area contributed by atoms with Crippen molar-refractivity contribution in [1.82, 2.24) is 30.9 Å². The highest BCUT2D eigenvalue weighted by atomic mass is 19.3. The van der Waals surface area contributed by atoms with Crippen LogP contribution in [0.2, 0.25) is 0 Å². The van der Waals surface area contributed by atoms with Crippen molar-refractivity contribution in [3.63, 3.8) is 0 Å². The van der Waals surface area contributed by atoms with Crippen molar-refractivity contribution in [2.45, 2.75) is 88.6 Å². The van der Waals surface area contributed by atoms with Gasteiger partial charge in [-0.15, -0.1) is 0 Å². The molecule has 0 spiro atoms. The summed E-state index contributed by atoms with van der Waals surface area (Å²) in [5, 5.41) is 13.2. The third-order valence-corrected chi connectivity index (χ3v) is 8.52. The molecule has 1 aromatic carbocycles. The first-order valence-corrected chi connectivity index (χ1v) is 14.1. The number of carbonyl (C=O) groups is 2. The van der Waals surface area contributed by atoms with Crippen molar-refractivity contribution >= 4 is 22.8 Å². The largest absolute Gasteiger partial charge is 0.349 e. The molecule has 0 saturated heterocycles. The molecule has 2 aromatic heterocycles. The number of hydrogen-bond acceptors (Lipinski definition) is 6. The highest BCUT2D eigenvalue weighted by Crippen LogP contribution is 2.45. The summed E-state index contributed by atoms with van der Waals surface area (Å²) in [5.74, 6) is -6.08. The Hall–Kier alpha value is -3.51. The lowest BCUT2D eigenvalue weighted by molar-refractivity contribution is -0.134. The average molecular weight is 577 g/mol. The van der Waals surface area contributed by atoms with Gasteiger partial charge in [-0.2, -0.15) is 0 Å². The lowest BCUT2D eigenvalue weighted by Gasteiger charge is -2.34. The summed E-state index contributed by atoms with van der Waals surface area (Å²) < 4.78 is 59.0. The number of aromatic amines is 1. The van der Waals surface area contributed by atoms with E-state index in [1.54, 1.807) is 6.92 Å². The van der Waals surface area contributed by atoms with Crippen molar-refractivity contribution < 1.29 is 31.8 Å². The topological polar surface area (TPSA) is 126 Å². The molecule has 0 radical (unpaired) electrons. The lowest BCUT2D eigenvalue weighted by Crippen LogP contribution is -2.39. The maximum absolute atomic E-state index is 14.0. The molecule has 13 heteroatoms. The summed E-state index contributed by atoms with van der Waals surface area (Å²) in [7, 11) is 0. The summed E-state index contributed by atoms with van der Waals surface area (Å²) in [6, 6.07) is 4.64. The predicted molar refractivity (Wildman–Crippen MR) is 138 cm³/mol. The monoisotopic (exact) mass is 576 g/mol. The third kappa shape index (κ3) is 6.23. The Morgan fingerprint density at radius 2 is 1.80 bits per heavy atom. The first-order valence-electron chi connectivity index (χ1n) is 14.1. The van der Waals surface area contributed by atoms with Gasteiger partial charge < -0.3 is 15.6 Å². The van der Waals surface area contributed by atoms with E-state index in [1.165, 1.54) is 0 Å². The third-order valence-electron chi connectivity index (χ3n) is 8.52. The number of hydrogen-bond donors (Lipinski definition) is 3. The minimum Gasteiger partial charge on any atom is -0.349 e. The second-order valence-corrected chi connectivity index (χ2v) is 12.0. The summed E-state index contributed by atoms with van der Waals surface area (Å²) in [4.78, 5) is 33.5. The molecule has 0 aliphatic heterocycles. The van der Waals surface area contributed by atoms with Crippen molar-refractivity contribution in [2.75, 3.05) is 0 Å². The number of amides is 2. The lowest BCUT2D eigenvalue weighted by atomic mass is 9.79. The van der Waals surface area contributed by atoms with Crippen LogP contribution in [0.4, 0.5) is 17.6 Å². The van der Waals surface area contributed by atoms with Gasteiger partial charge >= 0.3 is 0 Å².